The molecule has 1 rings (SSSR count). The van der Waals surface area contributed by atoms with E-state index in [-0.39, 0.29) is 11.9 Å². The molecule has 1 atom stereocenters. The lowest BCUT2D eigenvalue weighted by Gasteiger charge is -2.22. The van der Waals surface area contributed by atoms with Crippen molar-refractivity contribution >= 4 is 5.91 Å². The molecule has 19 heavy (non-hydrogen) atoms. The SMILES string of the molecule is COC(OC)C(C)NC(=O)Cc1ccc(C)c(C)c1. The lowest BCUT2D eigenvalue weighted by atomic mass is 10.0. The zero-order valence-electron chi connectivity index (χ0n) is 12.3. The molecule has 0 fully saturated rings. The Morgan fingerprint density at radius 2 is 1.84 bits per heavy atom. The van der Waals surface area contributed by atoms with Crippen LogP contribution >= 0.6 is 0 Å². The molecule has 0 aromatic heterocycles. The minimum atomic E-state index is -0.427. The van der Waals surface area contributed by atoms with Crippen LogP contribution in [0.4, 0.5) is 0 Å². The maximum Gasteiger partial charge on any atom is 0.224 e. The molecule has 0 heterocycles. The van der Waals surface area contributed by atoms with Crippen molar-refractivity contribution in [3.8, 4) is 0 Å². The molecule has 106 valence electrons. The fourth-order valence-electron chi connectivity index (χ4n) is 1.98. The van der Waals surface area contributed by atoms with Gasteiger partial charge in [0.2, 0.25) is 5.91 Å². The van der Waals surface area contributed by atoms with Crippen molar-refractivity contribution in [3.05, 3.63) is 34.9 Å². The van der Waals surface area contributed by atoms with Crippen molar-refractivity contribution in [2.45, 2.75) is 39.5 Å². The zero-order chi connectivity index (χ0) is 14.4. The van der Waals surface area contributed by atoms with Crippen LogP contribution in [0.15, 0.2) is 18.2 Å². The van der Waals surface area contributed by atoms with Crippen LogP contribution in [-0.4, -0.2) is 32.5 Å². The first-order chi connectivity index (χ1) is 8.97. The summed E-state index contributed by atoms with van der Waals surface area (Å²) in [5, 5.41) is 2.88. The van der Waals surface area contributed by atoms with Crippen LogP contribution in [0.2, 0.25) is 0 Å². The molecule has 0 saturated carbocycles. The van der Waals surface area contributed by atoms with Gasteiger partial charge in [-0.2, -0.15) is 0 Å². The number of nitrogens with one attached hydrogen (secondary N) is 1. The summed E-state index contributed by atoms with van der Waals surface area (Å²) in [4.78, 5) is 11.9. The number of methoxy groups -OCH3 is 2. The Bertz CT molecular complexity index is 427. The zero-order valence-corrected chi connectivity index (χ0v) is 12.3. The Hall–Kier alpha value is -1.39. The summed E-state index contributed by atoms with van der Waals surface area (Å²) in [6.45, 7) is 5.96. The normalized spacial score (nSPS) is 12.5. The lowest BCUT2D eigenvalue weighted by molar-refractivity contribution is -0.135. The van der Waals surface area contributed by atoms with Gasteiger partial charge in [-0.1, -0.05) is 18.2 Å². The highest BCUT2D eigenvalue weighted by Gasteiger charge is 2.17. The van der Waals surface area contributed by atoms with E-state index in [1.807, 2.05) is 32.0 Å². The number of benzene rings is 1. The van der Waals surface area contributed by atoms with Gasteiger partial charge in [-0.05, 0) is 37.5 Å². The molecule has 0 radical (unpaired) electrons. The monoisotopic (exact) mass is 265 g/mol. The van der Waals surface area contributed by atoms with E-state index < -0.39 is 6.29 Å². The minimum absolute atomic E-state index is 0.0325. The fraction of sp³-hybridized carbons (Fsp3) is 0.533. The molecule has 1 N–H and O–H groups in total. The highest BCUT2D eigenvalue weighted by atomic mass is 16.7. The van der Waals surface area contributed by atoms with Crippen LogP contribution in [0, 0.1) is 13.8 Å². The van der Waals surface area contributed by atoms with Crippen LogP contribution in [0.3, 0.4) is 0 Å². The Morgan fingerprint density at radius 3 is 2.37 bits per heavy atom. The molecular formula is C15H23NO3. The summed E-state index contributed by atoms with van der Waals surface area (Å²) in [5.41, 5.74) is 3.44. The third-order valence-electron chi connectivity index (χ3n) is 3.20. The first kappa shape index (κ1) is 15.7. The van der Waals surface area contributed by atoms with Gasteiger partial charge < -0.3 is 14.8 Å². The lowest BCUT2D eigenvalue weighted by Crippen LogP contribution is -2.43. The molecule has 1 aromatic rings. The van der Waals surface area contributed by atoms with Crippen LogP contribution in [0.25, 0.3) is 0 Å². The van der Waals surface area contributed by atoms with Gasteiger partial charge in [0, 0.05) is 14.2 Å². The molecular weight excluding hydrogens is 242 g/mol. The third kappa shape index (κ3) is 4.65. The predicted octanol–water partition coefficient (Wildman–Crippen LogP) is 1.97. The van der Waals surface area contributed by atoms with Crippen LogP contribution in [0.1, 0.15) is 23.6 Å². The molecule has 1 unspecified atom stereocenters. The highest BCUT2D eigenvalue weighted by molar-refractivity contribution is 5.78. The van der Waals surface area contributed by atoms with Crippen molar-refractivity contribution in [2.24, 2.45) is 0 Å². The van der Waals surface area contributed by atoms with Gasteiger partial charge in [-0.3, -0.25) is 4.79 Å². The number of amides is 1. The molecule has 0 aliphatic heterocycles. The van der Waals surface area contributed by atoms with Gasteiger partial charge >= 0.3 is 0 Å². The number of hydrogen-bond acceptors (Lipinski definition) is 3. The van der Waals surface area contributed by atoms with E-state index in [9.17, 15) is 4.79 Å². The smallest absolute Gasteiger partial charge is 0.224 e. The summed E-state index contributed by atoms with van der Waals surface area (Å²) in [6.07, 6.45) is -0.0605. The van der Waals surface area contributed by atoms with Gasteiger partial charge in [0.05, 0.1) is 12.5 Å². The fourth-order valence-corrected chi connectivity index (χ4v) is 1.98. The number of rotatable bonds is 6. The largest absolute Gasteiger partial charge is 0.354 e. The average Bonchev–Trinajstić information content (AvgIpc) is 2.35. The number of ether oxygens (including phenoxy) is 2. The van der Waals surface area contributed by atoms with Crippen molar-refractivity contribution in [2.75, 3.05) is 14.2 Å². The van der Waals surface area contributed by atoms with E-state index in [2.05, 4.69) is 12.2 Å². The number of aryl methyl sites for hydroxylation is 2. The summed E-state index contributed by atoms with van der Waals surface area (Å²) in [5.74, 6) is -0.0325. The van der Waals surface area contributed by atoms with E-state index in [1.165, 1.54) is 11.1 Å². The standard InChI is InChI=1S/C15H23NO3/c1-10-6-7-13(8-11(10)2)9-14(17)16-12(3)15(18-4)19-5/h6-8,12,15H,9H2,1-5H3,(H,16,17). The molecule has 0 spiro atoms. The summed E-state index contributed by atoms with van der Waals surface area (Å²) in [6, 6.07) is 5.88. The van der Waals surface area contributed by atoms with Crippen LogP contribution in [-0.2, 0) is 20.7 Å². The van der Waals surface area contributed by atoms with E-state index in [0.717, 1.165) is 5.56 Å². The number of carbonyl (C=O) groups is 1. The van der Waals surface area contributed by atoms with Crippen molar-refractivity contribution in [1.82, 2.24) is 5.32 Å². The maximum absolute atomic E-state index is 11.9. The molecule has 1 amide bonds. The Kier molecular flexibility index (Phi) is 5.99. The van der Waals surface area contributed by atoms with E-state index in [0.29, 0.717) is 6.42 Å². The average molecular weight is 265 g/mol. The van der Waals surface area contributed by atoms with E-state index >= 15 is 0 Å². The Labute approximate surface area is 115 Å². The second-order valence-electron chi connectivity index (χ2n) is 4.79. The second kappa shape index (κ2) is 7.26. The van der Waals surface area contributed by atoms with Gasteiger partial charge in [-0.25, -0.2) is 0 Å². The first-order valence-corrected chi connectivity index (χ1v) is 6.39. The van der Waals surface area contributed by atoms with Gasteiger partial charge in [0.1, 0.15) is 0 Å². The Balaban J connectivity index is 2.57. The summed E-state index contributed by atoms with van der Waals surface area (Å²) in [7, 11) is 3.11. The molecule has 4 heteroatoms. The first-order valence-electron chi connectivity index (χ1n) is 6.39. The topological polar surface area (TPSA) is 47.6 Å². The van der Waals surface area contributed by atoms with Gasteiger partial charge in [-0.15, -0.1) is 0 Å². The van der Waals surface area contributed by atoms with Gasteiger partial charge in [0.25, 0.3) is 0 Å². The third-order valence-corrected chi connectivity index (χ3v) is 3.20. The molecule has 0 saturated heterocycles. The maximum atomic E-state index is 11.9. The van der Waals surface area contributed by atoms with Crippen LogP contribution in [0.5, 0.6) is 0 Å². The minimum Gasteiger partial charge on any atom is -0.354 e. The van der Waals surface area contributed by atoms with Gasteiger partial charge in [0.15, 0.2) is 6.29 Å². The van der Waals surface area contributed by atoms with Crippen molar-refractivity contribution in [3.63, 3.8) is 0 Å². The van der Waals surface area contributed by atoms with E-state index in [1.54, 1.807) is 14.2 Å². The van der Waals surface area contributed by atoms with Crippen molar-refractivity contribution < 1.29 is 14.3 Å². The molecule has 1 aromatic carbocycles. The molecule has 0 aliphatic rings. The van der Waals surface area contributed by atoms with E-state index in [4.69, 9.17) is 9.47 Å². The second-order valence-corrected chi connectivity index (χ2v) is 4.79. The summed E-state index contributed by atoms with van der Waals surface area (Å²) < 4.78 is 10.2. The summed E-state index contributed by atoms with van der Waals surface area (Å²) >= 11 is 0. The molecule has 0 aliphatic carbocycles. The van der Waals surface area contributed by atoms with Crippen molar-refractivity contribution in [1.29, 1.82) is 0 Å². The molecule has 0 bridgehead atoms. The number of hydrogen-bond donors (Lipinski definition) is 1. The number of carbonyl (C=O) groups excluding carboxylic acids is 1. The predicted molar refractivity (Wildman–Crippen MR) is 75.0 cm³/mol. The van der Waals surface area contributed by atoms with Crippen LogP contribution < -0.4 is 5.32 Å². The quantitative estimate of drug-likeness (QED) is 0.800. The molecule has 4 nitrogen and oxygen atoms in total. The Morgan fingerprint density at radius 1 is 1.21 bits per heavy atom. The highest BCUT2D eigenvalue weighted by Crippen LogP contribution is 2.10.